The zero-order valence-corrected chi connectivity index (χ0v) is 16.5. The Kier molecular flexibility index (Phi) is 5.53. The van der Waals surface area contributed by atoms with E-state index in [1.807, 2.05) is 43.3 Å². The molecule has 7 nitrogen and oxygen atoms in total. The Morgan fingerprint density at radius 2 is 1.61 bits per heavy atom. The Bertz CT molecular complexity index is 927. The summed E-state index contributed by atoms with van der Waals surface area (Å²) in [6.07, 6.45) is 3.55. The van der Waals surface area contributed by atoms with Crippen LogP contribution in [-0.2, 0) is 6.54 Å². The summed E-state index contributed by atoms with van der Waals surface area (Å²) < 4.78 is 0. The van der Waals surface area contributed by atoms with Gasteiger partial charge in [0.05, 0.1) is 0 Å². The second-order valence-corrected chi connectivity index (χ2v) is 7.07. The summed E-state index contributed by atoms with van der Waals surface area (Å²) in [7, 11) is 0. The van der Waals surface area contributed by atoms with E-state index in [0.29, 0.717) is 6.54 Å². The van der Waals surface area contributed by atoms with Crippen molar-refractivity contribution in [2.75, 3.05) is 41.3 Å². The zero-order valence-electron chi connectivity index (χ0n) is 15.7. The van der Waals surface area contributed by atoms with Gasteiger partial charge in [-0.15, -0.1) is 0 Å². The standard InChI is InChI=1S/C20H22ClN7/c1-15-13-18(24-14-16-5-2-3-6-17(16)21)26-20(25-15)28-11-9-27(10-12-28)19-22-7-4-8-23-19/h2-8,13H,9-12,14H2,1H3,(H,24,25,26). The fraction of sp³-hybridized carbons (Fsp3) is 0.300. The highest BCUT2D eigenvalue weighted by atomic mass is 35.5. The van der Waals surface area contributed by atoms with Crippen LogP contribution in [0.25, 0.3) is 0 Å². The minimum atomic E-state index is 0.620. The first kappa shape index (κ1) is 18.4. The van der Waals surface area contributed by atoms with Gasteiger partial charge in [-0.05, 0) is 24.6 Å². The average Bonchev–Trinajstić information content (AvgIpc) is 2.74. The van der Waals surface area contributed by atoms with Crippen LogP contribution in [0.1, 0.15) is 11.3 Å². The summed E-state index contributed by atoms with van der Waals surface area (Å²) in [6, 6.07) is 11.6. The van der Waals surface area contributed by atoms with E-state index >= 15 is 0 Å². The first-order chi connectivity index (χ1) is 13.7. The van der Waals surface area contributed by atoms with Crippen molar-refractivity contribution in [3.05, 3.63) is 65.1 Å². The van der Waals surface area contributed by atoms with Crippen molar-refractivity contribution in [2.24, 2.45) is 0 Å². The minimum absolute atomic E-state index is 0.620. The lowest BCUT2D eigenvalue weighted by Crippen LogP contribution is -2.47. The molecule has 4 rings (SSSR count). The van der Waals surface area contributed by atoms with Crippen LogP contribution in [0.15, 0.2) is 48.8 Å². The van der Waals surface area contributed by atoms with Crippen LogP contribution in [0.4, 0.5) is 17.7 Å². The SMILES string of the molecule is Cc1cc(NCc2ccccc2Cl)nc(N2CCN(c3ncccn3)CC2)n1. The molecule has 0 spiro atoms. The predicted octanol–water partition coefficient (Wildman–Crippen LogP) is 3.17. The molecule has 0 bridgehead atoms. The van der Waals surface area contributed by atoms with Crippen molar-refractivity contribution in [3.63, 3.8) is 0 Å². The van der Waals surface area contributed by atoms with Gasteiger partial charge in [0, 0.05) is 61.9 Å². The Balaban J connectivity index is 1.42. The smallest absolute Gasteiger partial charge is 0.227 e. The molecule has 0 saturated carbocycles. The largest absolute Gasteiger partial charge is 0.366 e. The molecule has 1 aliphatic rings. The molecule has 2 aromatic heterocycles. The van der Waals surface area contributed by atoms with Gasteiger partial charge in [-0.3, -0.25) is 0 Å². The Labute approximate surface area is 169 Å². The molecule has 1 aliphatic heterocycles. The number of aryl methyl sites for hydroxylation is 1. The molecule has 0 unspecified atom stereocenters. The maximum atomic E-state index is 6.24. The molecule has 1 aromatic carbocycles. The number of nitrogens with one attached hydrogen (secondary N) is 1. The number of hydrogen-bond donors (Lipinski definition) is 1. The Morgan fingerprint density at radius 1 is 0.929 bits per heavy atom. The van der Waals surface area contributed by atoms with Crippen LogP contribution in [0.5, 0.6) is 0 Å². The van der Waals surface area contributed by atoms with E-state index in [-0.39, 0.29) is 0 Å². The number of hydrogen-bond acceptors (Lipinski definition) is 7. The van der Waals surface area contributed by atoms with Crippen LogP contribution in [0, 0.1) is 6.92 Å². The average molecular weight is 396 g/mol. The number of aromatic nitrogens is 4. The lowest BCUT2D eigenvalue weighted by molar-refractivity contribution is 0.627. The summed E-state index contributed by atoms with van der Waals surface area (Å²) in [5.41, 5.74) is 1.97. The van der Waals surface area contributed by atoms with E-state index in [0.717, 1.165) is 60.2 Å². The minimum Gasteiger partial charge on any atom is -0.366 e. The van der Waals surface area contributed by atoms with E-state index < -0.39 is 0 Å². The molecular weight excluding hydrogens is 374 g/mol. The molecule has 28 heavy (non-hydrogen) atoms. The molecule has 1 fully saturated rings. The second-order valence-electron chi connectivity index (χ2n) is 6.66. The number of rotatable bonds is 5. The monoisotopic (exact) mass is 395 g/mol. The summed E-state index contributed by atoms with van der Waals surface area (Å²) >= 11 is 6.24. The van der Waals surface area contributed by atoms with E-state index in [1.54, 1.807) is 12.4 Å². The lowest BCUT2D eigenvalue weighted by atomic mass is 10.2. The van der Waals surface area contributed by atoms with Gasteiger partial charge in [-0.25, -0.2) is 15.0 Å². The van der Waals surface area contributed by atoms with Crippen LogP contribution in [0.3, 0.4) is 0 Å². The summed E-state index contributed by atoms with van der Waals surface area (Å²) in [6.45, 7) is 5.93. The third-order valence-corrected chi connectivity index (χ3v) is 5.03. The number of nitrogens with zero attached hydrogens (tertiary/aromatic N) is 6. The van der Waals surface area contributed by atoms with Crippen molar-refractivity contribution in [2.45, 2.75) is 13.5 Å². The van der Waals surface area contributed by atoms with E-state index in [1.165, 1.54) is 0 Å². The molecule has 0 amide bonds. The highest BCUT2D eigenvalue weighted by Crippen LogP contribution is 2.20. The predicted molar refractivity (Wildman–Crippen MR) is 112 cm³/mol. The first-order valence-corrected chi connectivity index (χ1v) is 9.67. The van der Waals surface area contributed by atoms with Crippen molar-refractivity contribution in [3.8, 4) is 0 Å². The fourth-order valence-corrected chi connectivity index (χ4v) is 3.38. The molecule has 0 aliphatic carbocycles. The van der Waals surface area contributed by atoms with Crippen LogP contribution in [0.2, 0.25) is 5.02 Å². The van der Waals surface area contributed by atoms with Gasteiger partial charge in [-0.2, -0.15) is 4.98 Å². The van der Waals surface area contributed by atoms with Crippen LogP contribution < -0.4 is 15.1 Å². The molecule has 0 radical (unpaired) electrons. The molecule has 3 heterocycles. The normalized spacial score (nSPS) is 14.2. The quantitative estimate of drug-likeness (QED) is 0.711. The van der Waals surface area contributed by atoms with Crippen molar-refractivity contribution in [1.82, 2.24) is 19.9 Å². The number of anilines is 3. The van der Waals surface area contributed by atoms with Gasteiger partial charge in [-0.1, -0.05) is 29.8 Å². The van der Waals surface area contributed by atoms with Gasteiger partial charge < -0.3 is 15.1 Å². The van der Waals surface area contributed by atoms with Crippen molar-refractivity contribution < 1.29 is 0 Å². The molecule has 3 aromatic rings. The van der Waals surface area contributed by atoms with Gasteiger partial charge in [0.1, 0.15) is 5.82 Å². The van der Waals surface area contributed by atoms with Gasteiger partial charge >= 0.3 is 0 Å². The molecular formula is C20H22ClN7. The summed E-state index contributed by atoms with van der Waals surface area (Å²) in [4.78, 5) is 22.4. The highest BCUT2D eigenvalue weighted by Gasteiger charge is 2.21. The third kappa shape index (κ3) is 4.31. The van der Waals surface area contributed by atoms with E-state index in [2.05, 4.69) is 30.1 Å². The molecule has 0 atom stereocenters. The van der Waals surface area contributed by atoms with Gasteiger partial charge in [0.25, 0.3) is 0 Å². The zero-order chi connectivity index (χ0) is 19.3. The number of piperazine rings is 1. The van der Waals surface area contributed by atoms with Crippen molar-refractivity contribution >= 4 is 29.3 Å². The molecule has 144 valence electrons. The molecule has 8 heteroatoms. The fourth-order valence-electron chi connectivity index (χ4n) is 3.17. The third-order valence-electron chi connectivity index (χ3n) is 4.66. The number of halogens is 1. The topological polar surface area (TPSA) is 70.1 Å². The maximum Gasteiger partial charge on any atom is 0.227 e. The molecule has 1 N–H and O–H groups in total. The van der Waals surface area contributed by atoms with E-state index in [9.17, 15) is 0 Å². The van der Waals surface area contributed by atoms with Gasteiger partial charge in [0.2, 0.25) is 11.9 Å². The highest BCUT2D eigenvalue weighted by molar-refractivity contribution is 6.31. The second kappa shape index (κ2) is 8.39. The Hall–Kier alpha value is -2.93. The van der Waals surface area contributed by atoms with Crippen LogP contribution >= 0.6 is 11.6 Å². The van der Waals surface area contributed by atoms with E-state index in [4.69, 9.17) is 16.6 Å². The van der Waals surface area contributed by atoms with Gasteiger partial charge in [0.15, 0.2) is 0 Å². The summed E-state index contributed by atoms with van der Waals surface area (Å²) in [5, 5.41) is 4.11. The number of benzene rings is 1. The van der Waals surface area contributed by atoms with Crippen molar-refractivity contribution in [1.29, 1.82) is 0 Å². The first-order valence-electron chi connectivity index (χ1n) is 9.29. The Morgan fingerprint density at radius 3 is 2.32 bits per heavy atom. The molecule has 1 saturated heterocycles. The lowest BCUT2D eigenvalue weighted by Gasteiger charge is -2.34. The maximum absolute atomic E-state index is 6.24. The summed E-state index contributed by atoms with van der Waals surface area (Å²) in [5.74, 6) is 2.32. The van der Waals surface area contributed by atoms with Crippen LogP contribution in [-0.4, -0.2) is 46.1 Å².